The smallest absolute Gasteiger partial charge is 0.123 e. The van der Waals surface area contributed by atoms with Crippen LogP contribution in [0.2, 0.25) is 0 Å². The average molecular weight is 251 g/mol. The van der Waals surface area contributed by atoms with E-state index in [1.54, 1.807) is 24.1 Å². The highest BCUT2D eigenvalue weighted by Gasteiger charge is 2.01. The van der Waals surface area contributed by atoms with Gasteiger partial charge in [-0.1, -0.05) is 6.07 Å². The summed E-state index contributed by atoms with van der Waals surface area (Å²) in [6, 6.07) is 8.77. The minimum absolute atomic E-state index is 0.221. The van der Waals surface area contributed by atoms with Crippen LogP contribution in [0.3, 0.4) is 0 Å². The summed E-state index contributed by atoms with van der Waals surface area (Å²) in [6.45, 7) is 0.369. The molecule has 2 N–H and O–H groups in total. The molecule has 0 atom stereocenters. The molecule has 2 aromatic rings. The fourth-order valence-electron chi connectivity index (χ4n) is 1.58. The van der Waals surface area contributed by atoms with E-state index < -0.39 is 0 Å². The highest BCUT2D eigenvalue weighted by Crippen LogP contribution is 2.19. The summed E-state index contributed by atoms with van der Waals surface area (Å²) in [7, 11) is 0. The molecule has 2 rings (SSSR count). The molecule has 1 heterocycles. The molecular formula is C13H14FNOS. The Morgan fingerprint density at radius 2 is 2.00 bits per heavy atom. The Bertz CT molecular complexity index is 470. The normalized spacial score (nSPS) is 10.7. The van der Waals surface area contributed by atoms with Gasteiger partial charge in [0.1, 0.15) is 11.6 Å². The highest BCUT2D eigenvalue weighted by atomic mass is 32.2. The van der Waals surface area contributed by atoms with Crippen molar-refractivity contribution in [3.63, 3.8) is 0 Å². The minimum Gasteiger partial charge on any atom is -0.468 e. The Kier molecular flexibility index (Phi) is 4.23. The van der Waals surface area contributed by atoms with Crippen molar-refractivity contribution in [1.82, 2.24) is 0 Å². The molecule has 0 bridgehead atoms. The van der Waals surface area contributed by atoms with E-state index in [-0.39, 0.29) is 5.82 Å². The Balaban J connectivity index is 1.92. The van der Waals surface area contributed by atoms with E-state index in [1.807, 2.05) is 18.2 Å². The molecule has 90 valence electrons. The summed E-state index contributed by atoms with van der Waals surface area (Å²) in [5.74, 6) is 2.26. The largest absolute Gasteiger partial charge is 0.468 e. The van der Waals surface area contributed by atoms with Crippen molar-refractivity contribution in [2.45, 2.75) is 18.1 Å². The molecule has 0 aliphatic carbocycles. The third-order valence-corrected chi connectivity index (χ3v) is 3.37. The van der Waals surface area contributed by atoms with Gasteiger partial charge in [-0.2, -0.15) is 0 Å². The van der Waals surface area contributed by atoms with Gasteiger partial charge in [0.2, 0.25) is 0 Å². The van der Waals surface area contributed by atoms with E-state index in [1.165, 1.54) is 6.07 Å². The van der Waals surface area contributed by atoms with Crippen molar-refractivity contribution in [2.75, 3.05) is 0 Å². The molecule has 0 amide bonds. The molecule has 0 saturated carbocycles. The van der Waals surface area contributed by atoms with Gasteiger partial charge in [-0.3, -0.25) is 0 Å². The minimum atomic E-state index is -0.221. The zero-order valence-electron chi connectivity index (χ0n) is 9.36. The molecular weight excluding hydrogens is 237 g/mol. The van der Waals surface area contributed by atoms with Gasteiger partial charge < -0.3 is 10.2 Å². The number of hydrogen-bond donors (Lipinski definition) is 1. The van der Waals surface area contributed by atoms with Crippen LogP contribution in [-0.2, 0) is 18.1 Å². The van der Waals surface area contributed by atoms with Gasteiger partial charge in [0.15, 0.2) is 0 Å². The zero-order valence-corrected chi connectivity index (χ0v) is 10.2. The van der Waals surface area contributed by atoms with Crippen LogP contribution in [-0.4, -0.2) is 0 Å². The van der Waals surface area contributed by atoms with Crippen molar-refractivity contribution in [1.29, 1.82) is 0 Å². The number of hydrogen-bond acceptors (Lipinski definition) is 3. The van der Waals surface area contributed by atoms with E-state index in [9.17, 15) is 4.39 Å². The first-order valence-electron chi connectivity index (χ1n) is 5.36. The second-order valence-corrected chi connectivity index (χ2v) is 4.73. The van der Waals surface area contributed by atoms with Crippen LogP contribution in [0.4, 0.5) is 4.39 Å². The van der Waals surface area contributed by atoms with Crippen LogP contribution in [0.25, 0.3) is 0 Å². The molecule has 2 nitrogen and oxygen atoms in total. The summed E-state index contributed by atoms with van der Waals surface area (Å²) < 4.78 is 18.5. The Morgan fingerprint density at radius 3 is 2.71 bits per heavy atom. The Hall–Kier alpha value is -1.26. The lowest BCUT2D eigenvalue weighted by Gasteiger charge is -2.04. The molecule has 0 radical (unpaired) electrons. The van der Waals surface area contributed by atoms with Gasteiger partial charge in [-0.15, -0.1) is 11.8 Å². The van der Waals surface area contributed by atoms with Crippen LogP contribution in [0.1, 0.15) is 16.9 Å². The fourth-order valence-corrected chi connectivity index (χ4v) is 2.45. The predicted octanol–water partition coefficient (Wildman–Crippen LogP) is 3.31. The first-order chi connectivity index (χ1) is 8.28. The highest BCUT2D eigenvalue weighted by molar-refractivity contribution is 7.97. The first kappa shape index (κ1) is 12.2. The summed E-state index contributed by atoms with van der Waals surface area (Å²) in [5.41, 5.74) is 7.30. The zero-order chi connectivity index (χ0) is 12.1. The fraction of sp³-hybridized carbons (Fsp3) is 0.231. The van der Waals surface area contributed by atoms with Crippen molar-refractivity contribution in [3.05, 3.63) is 59.3 Å². The quantitative estimate of drug-likeness (QED) is 0.886. The van der Waals surface area contributed by atoms with Gasteiger partial charge in [-0.25, -0.2) is 4.39 Å². The third-order valence-electron chi connectivity index (χ3n) is 2.35. The number of nitrogens with two attached hydrogens (primary N) is 1. The van der Waals surface area contributed by atoms with Gasteiger partial charge in [-0.05, 0) is 35.4 Å². The van der Waals surface area contributed by atoms with Crippen molar-refractivity contribution in [2.24, 2.45) is 5.73 Å². The van der Waals surface area contributed by atoms with Gasteiger partial charge in [0.05, 0.1) is 12.0 Å². The summed E-state index contributed by atoms with van der Waals surface area (Å²) in [4.78, 5) is 0. The molecule has 0 aliphatic heterocycles. The summed E-state index contributed by atoms with van der Waals surface area (Å²) in [6.07, 6.45) is 1.66. The van der Waals surface area contributed by atoms with Gasteiger partial charge >= 0.3 is 0 Å². The third kappa shape index (κ3) is 3.61. The first-order valence-corrected chi connectivity index (χ1v) is 6.52. The monoisotopic (exact) mass is 251 g/mol. The summed E-state index contributed by atoms with van der Waals surface area (Å²) in [5, 5.41) is 0. The lowest BCUT2D eigenvalue weighted by Crippen LogP contribution is -1.98. The second-order valence-electron chi connectivity index (χ2n) is 3.74. The van der Waals surface area contributed by atoms with E-state index in [4.69, 9.17) is 10.2 Å². The SMILES string of the molecule is NCc1cc(F)cc(CSCc2ccco2)c1. The molecule has 0 aliphatic rings. The second kappa shape index (κ2) is 5.89. The van der Waals surface area contributed by atoms with Crippen LogP contribution >= 0.6 is 11.8 Å². The van der Waals surface area contributed by atoms with Crippen LogP contribution in [0, 0.1) is 5.82 Å². The average Bonchev–Trinajstić information content (AvgIpc) is 2.81. The number of furan rings is 1. The maximum absolute atomic E-state index is 13.2. The maximum atomic E-state index is 13.2. The Labute approximate surface area is 104 Å². The van der Waals surface area contributed by atoms with Crippen LogP contribution in [0.5, 0.6) is 0 Å². The Morgan fingerprint density at radius 1 is 1.18 bits per heavy atom. The molecule has 0 spiro atoms. The summed E-state index contributed by atoms with van der Waals surface area (Å²) >= 11 is 1.69. The van der Waals surface area contributed by atoms with E-state index >= 15 is 0 Å². The van der Waals surface area contributed by atoms with E-state index in [0.29, 0.717) is 6.54 Å². The number of benzene rings is 1. The molecule has 0 saturated heterocycles. The number of halogens is 1. The molecule has 1 aromatic heterocycles. The van der Waals surface area contributed by atoms with Crippen LogP contribution < -0.4 is 5.73 Å². The number of thioether (sulfide) groups is 1. The molecule has 4 heteroatoms. The predicted molar refractivity (Wildman–Crippen MR) is 68.0 cm³/mol. The number of rotatable bonds is 5. The molecule has 0 fully saturated rings. The standard InChI is InChI=1S/C13H14FNOS/c14-12-5-10(7-15)4-11(6-12)8-17-9-13-2-1-3-16-13/h1-6H,7-9,15H2. The van der Waals surface area contributed by atoms with Crippen molar-refractivity contribution < 1.29 is 8.81 Å². The maximum Gasteiger partial charge on any atom is 0.123 e. The molecule has 17 heavy (non-hydrogen) atoms. The van der Waals surface area contributed by atoms with E-state index in [2.05, 4.69) is 0 Å². The molecule has 1 aromatic carbocycles. The van der Waals surface area contributed by atoms with Gasteiger partial charge in [0, 0.05) is 12.3 Å². The molecule has 0 unspecified atom stereocenters. The van der Waals surface area contributed by atoms with Crippen LogP contribution in [0.15, 0.2) is 41.0 Å². The van der Waals surface area contributed by atoms with Gasteiger partial charge in [0.25, 0.3) is 0 Å². The van der Waals surface area contributed by atoms with Crippen molar-refractivity contribution >= 4 is 11.8 Å². The van der Waals surface area contributed by atoms with E-state index in [0.717, 1.165) is 28.4 Å². The van der Waals surface area contributed by atoms with Crippen molar-refractivity contribution in [3.8, 4) is 0 Å². The lowest BCUT2D eigenvalue weighted by molar-refractivity contribution is 0.530. The lowest BCUT2D eigenvalue weighted by atomic mass is 10.1. The topological polar surface area (TPSA) is 39.2 Å².